The Kier molecular flexibility index (Phi) is 7.77. The molecule has 1 aliphatic rings. The number of likely N-dealkylation sites (tertiary alicyclic amines) is 1. The Morgan fingerprint density at radius 2 is 1.76 bits per heavy atom. The molecule has 0 aliphatic carbocycles. The number of para-hydroxylation sites is 1. The van der Waals surface area contributed by atoms with Crippen LogP contribution < -0.4 is 16.0 Å². The molecule has 2 aromatic rings. The minimum absolute atomic E-state index is 0.0276. The van der Waals surface area contributed by atoms with Gasteiger partial charge in [-0.3, -0.25) is 19.3 Å². The molecule has 3 rings (SSSR count). The molecule has 1 aromatic heterocycles. The Morgan fingerprint density at radius 3 is 2.45 bits per heavy atom. The number of carbonyl (C=O) groups excluding carboxylic acids is 3. The molecule has 0 atom stereocenters. The first-order valence-electron chi connectivity index (χ1n) is 9.78. The van der Waals surface area contributed by atoms with Gasteiger partial charge in [0.2, 0.25) is 11.8 Å². The second-order valence-electron chi connectivity index (χ2n) is 7.02. The van der Waals surface area contributed by atoms with Crippen molar-refractivity contribution in [2.75, 3.05) is 31.5 Å². The van der Waals surface area contributed by atoms with E-state index in [0.29, 0.717) is 18.0 Å². The lowest BCUT2D eigenvalue weighted by Gasteiger charge is -2.31. The summed E-state index contributed by atoms with van der Waals surface area (Å²) >= 11 is 1.38. The monoisotopic (exact) mass is 414 g/mol. The third kappa shape index (κ3) is 6.99. The van der Waals surface area contributed by atoms with Crippen LogP contribution in [0.2, 0.25) is 0 Å². The highest BCUT2D eigenvalue weighted by atomic mass is 32.1. The van der Waals surface area contributed by atoms with Crippen molar-refractivity contribution in [2.24, 2.45) is 0 Å². The molecule has 7 nitrogen and oxygen atoms in total. The molecule has 0 bridgehead atoms. The van der Waals surface area contributed by atoms with Gasteiger partial charge in [0.15, 0.2) is 0 Å². The maximum atomic E-state index is 12.1. The maximum Gasteiger partial charge on any atom is 0.261 e. The predicted octanol–water partition coefficient (Wildman–Crippen LogP) is 2.09. The van der Waals surface area contributed by atoms with Crippen molar-refractivity contribution in [1.29, 1.82) is 0 Å². The van der Waals surface area contributed by atoms with E-state index >= 15 is 0 Å². The van der Waals surface area contributed by atoms with Crippen LogP contribution >= 0.6 is 11.3 Å². The van der Waals surface area contributed by atoms with Crippen molar-refractivity contribution < 1.29 is 14.4 Å². The molecule has 0 spiro atoms. The molecule has 3 amide bonds. The quantitative estimate of drug-likeness (QED) is 0.617. The van der Waals surface area contributed by atoms with Crippen LogP contribution in [-0.4, -0.2) is 54.8 Å². The van der Waals surface area contributed by atoms with Crippen LogP contribution in [0.15, 0.2) is 47.8 Å². The van der Waals surface area contributed by atoms with Gasteiger partial charge in [0.1, 0.15) is 0 Å². The SMILES string of the molecule is O=C(CN1CCC(NC(=O)CCNC(=O)c2cccs2)CC1)Nc1ccccc1. The molecular formula is C21H26N4O3S. The fourth-order valence-corrected chi connectivity index (χ4v) is 3.88. The van der Waals surface area contributed by atoms with E-state index in [1.165, 1.54) is 11.3 Å². The van der Waals surface area contributed by atoms with Crippen LogP contribution in [0.1, 0.15) is 28.9 Å². The number of nitrogens with zero attached hydrogens (tertiary/aromatic N) is 1. The standard InChI is InChI=1S/C21H26N4O3S/c26-19(8-11-22-21(28)18-7-4-14-29-18)23-17-9-12-25(13-10-17)15-20(27)24-16-5-2-1-3-6-16/h1-7,14,17H,8-13,15H2,(H,22,28)(H,23,26)(H,24,27). The van der Waals surface area contributed by atoms with E-state index in [-0.39, 0.29) is 30.2 Å². The summed E-state index contributed by atoms with van der Waals surface area (Å²) in [6, 6.07) is 13.1. The molecule has 1 fully saturated rings. The smallest absolute Gasteiger partial charge is 0.261 e. The highest BCUT2D eigenvalue weighted by Gasteiger charge is 2.22. The van der Waals surface area contributed by atoms with Gasteiger partial charge in [-0.1, -0.05) is 24.3 Å². The van der Waals surface area contributed by atoms with E-state index < -0.39 is 0 Å². The predicted molar refractivity (Wildman–Crippen MR) is 114 cm³/mol. The molecule has 1 saturated heterocycles. The van der Waals surface area contributed by atoms with Crippen LogP contribution in [0.5, 0.6) is 0 Å². The molecule has 29 heavy (non-hydrogen) atoms. The number of hydrogen-bond acceptors (Lipinski definition) is 5. The van der Waals surface area contributed by atoms with E-state index in [1.54, 1.807) is 6.07 Å². The Hall–Kier alpha value is -2.71. The number of hydrogen-bond donors (Lipinski definition) is 3. The van der Waals surface area contributed by atoms with E-state index in [1.807, 2.05) is 41.8 Å². The van der Waals surface area contributed by atoms with Crippen molar-refractivity contribution in [3.05, 3.63) is 52.7 Å². The normalized spacial score (nSPS) is 14.9. The van der Waals surface area contributed by atoms with E-state index in [4.69, 9.17) is 0 Å². The van der Waals surface area contributed by atoms with Crippen LogP contribution in [0.4, 0.5) is 5.69 Å². The zero-order chi connectivity index (χ0) is 20.5. The van der Waals surface area contributed by atoms with Crippen molar-refractivity contribution in [1.82, 2.24) is 15.5 Å². The van der Waals surface area contributed by atoms with E-state index in [2.05, 4.69) is 20.9 Å². The zero-order valence-corrected chi connectivity index (χ0v) is 17.0. The Labute approximate surface area is 174 Å². The Balaban J connectivity index is 1.29. The summed E-state index contributed by atoms with van der Waals surface area (Å²) in [5.74, 6) is -0.230. The van der Waals surface area contributed by atoms with Crippen LogP contribution in [0.25, 0.3) is 0 Å². The molecule has 8 heteroatoms. The van der Waals surface area contributed by atoms with Gasteiger partial charge in [0.05, 0.1) is 11.4 Å². The molecule has 0 saturated carbocycles. The van der Waals surface area contributed by atoms with Gasteiger partial charge in [-0.15, -0.1) is 11.3 Å². The molecule has 1 aromatic carbocycles. The zero-order valence-electron chi connectivity index (χ0n) is 16.2. The van der Waals surface area contributed by atoms with Gasteiger partial charge in [0, 0.05) is 37.8 Å². The minimum atomic E-state index is -0.144. The fourth-order valence-electron chi connectivity index (χ4n) is 3.24. The maximum absolute atomic E-state index is 12.1. The van der Waals surface area contributed by atoms with Gasteiger partial charge in [-0.2, -0.15) is 0 Å². The van der Waals surface area contributed by atoms with Crippen LogP contribution in [0.3, 0.4) is 0 Å². The summed E-state index contributed by atoms with van der Waals surface area (Å²) in [5.41, 5.74) is 0.797. The molecular weight excluding hydrogens is 388 g/mol. The minimum Gasteiger partial charge on any atom is -0.353 e. The number of nitrogens with one attached hydrogen (secondary N) is 3. The first-order valence-corrected chi connectivity index (χ1v) is 10.7. The third-order valence-electron chi connectivity index (χ3n) is 4.76. The largest absolute Gasteiger partial charge is 0.353 e. The number of piperidine rings is 1. The third-order valence-corrected chi connectivity index (χ3v) is 5.63. The van der Waals surface area contributed by atoms with Gasteiger partial charge < -0.3 is 16.0 Å². The highest BCUT2D eigenvalue weighted by molar-refractivity contribution is 7.12. The summed E-state index contributed by atoms with van der Waals surface area (Å²) in [6.07, 6.45) is 1.88. The van der Waals surface area contributed by atoms with Crippen molar-refractivity contribution in [3.8, 4) is 0 Å². The van der Waals surface area contributed by atoms with Gasteiger partial charge in [-0.25, -0.2) is 0 Å². The average Bonchev–Trinajstić information content (AvgIpc) is 3.25. The number of anilines is 1. The Morgan fingerprint density at radius 1 is 1.00 bits per heavy atom. The average molecular weight is 415 g/mol. The molecule has 154 valence electrons. The first kappa shape index (κ1) is 21.0. The van der Waals surface area contributed by atoms with Crippen LogP contribution in [0, 0.1) is 0 Å². The summed E-state index contributed by atoms with van der Waals surface area (Å²) in [7, 11) is 0. The number of rotatable bonds is 8. The number of amides is 3. The first-order chi connectivity index (χ1) is 14.1. The van der Waals surface area contributed by atoms with Crippen LogP contribution in [-0.2, 0) is 9.59 Å². The summed E-state index contributed by atoms with van der Waals surface area (Å²) in [6.45, 7) is 2.20. The Bertz CT molecular complexity index is 803. The lowest BCUT2D eigenvalue weighted by atomic mass is 10.0. The lowest BCUT2D eigenvalue weighted by Crippen LogP contribution is -2.47. The molecule has 1 aliphatic heterocycles. The fraction of sp³-hybridized carbons (Fsp3) is 0.381. The number of benzene rings is 1. The molecule has 3 N–H and O–H groups in total. The van der Waals surface area contributed by atoms with Gasteiger partial charge >= 0.3 is 0 Å². The summed E-state index contributed by atoms with van der Waals surface area (Å²) in [4.78, 5) is 38.8. The molecule has 2 heterocycles. The molecule has 0 unspecified atom stereocenters. The van der Waals surface area contributed by atoms with Crippen molar-refractivity contribution >= 4 is 34.7 Å². The highest BCUT2D eigenvalue weighted by Crippen LogP contribution is 2.11. The van der Waals surface area contributed by atoms with Crippen molar-refractivity contribution in [3.63, 3.8) is 0 Å². The van der Waals surface area contributed by atoms with Crippen molar-refractivity contribution in [2.45, 2.75) is 25.3 Å². The topological polar surface area (TPSA) is 90.5 Å². The van der Waals surface area contributed by atoms with E-state index in [9.17, 15) is 14.4 Å². The molecule has 0 radical (unpaired) electrons. The van der Waals surface area contributed by atoms with E-state index in [0.717, 1.165) is 31.6 Å². The second kappa shape index (κ2) is 10.7. The number of thiophene rings is 1. The summed E-state index contributed by atoms with van der Waals surface area (Å²) < 4.78 is 0. The summed E-state index contributed by atoms with van der Waals surface area (Å²) in [5, 5.41) is 10.5. The number of carbonyl (C=O) groups is 3. The lowest BCUT2D eigenvalue weighted by molar-refractivity contribution is -0.122. The van der Waals surface area contributed by atoms with Gasteiger partial charge in [0.25, 0.3) is 5.91 Å². The van der Waals surface area contributed by atoms with Gasteiger partial charge in [-0.05, 0) is 36.4 Å². The second-order valence-corrected chi connectivity index (χ2v) is 7.96.